The molecule has 0 atom stereocenters. The van der Waals surface area contributed by atoms with Gasteiger partial charge in [-0.25, -0.2) is 15.0 Å². The highest BCUT2D eigenvalue weighted by atomic mass is 32.2. The maximum absolute atomic E-state index is 4.65. The minimum Gasteiger partial charge on any atom is -0.241 e. The second-order valence-electron chi connectivity index (χ2n) is 3.94. The van der Waals surface area contributed by atoms with Crippen LogP contribution in [0.2, 0.25) is 0 Å². The van der Waals surface area contributed by atoms with Crippen LogP contribution in [0.5, 0.6) is 0 Å². The molecule has 2 aromatic heterocycles. The van der Waals surface area contributed by atoms with Crippen LogP contribution in [-0.4, -0.2) is 15.0 Å². The molecule has 88 valence electrons. The molecule has 0 fully saturated rings. The second kappa shape index (κ2) is 4.74. The molecule has 2 heterocycles. The quantitative estimate of drug-likeness (QED) is 0.655. The summed E-state index contributed by atoms with van der Waals surface area (Å²) in [4.78, 5) is 13.1. The molecule has 0 aliphatic heterocycles. The summed E-state index contributed by atoms with van der Waals surface area (Å²) in [6.45, 7) is 2.06. The van der Waals surface area contributed by atoms with Crippen LogP contribution in [0, 0.1) is 6.92 Å². The minimum absolute atomic E-state index is 0.725. The van der Waals surface area contributed by atoms with Gasteiger partial charge in [0.2, 0.25) is 0 Å². The third kappa shape index (κ3) is 2.19. The predicted octanol–water partition coefficient (Wildman–Crippen LogP) is 3.48. The number of aryl methyl sites for hydroxylation is 1. The maximum atomic E-state index is 4.65. The number of benzene rings is 1. The average molecular weight is 253 g/mol. The Morgan fingerprint density at radius 3 is 2.61 bits per heavy atom. The highest BCUT2D eigenvalue weighted by Gasteiger charge is 2.06. The molecule has 0 amide bonds. The van der Waals surface area contributed by atoms with E-state index in [0.717, 1.165) is 26.6 Å². The molecule has 3 nitrogen and oxygen atoms in total. The Balaban J connectivity index is 2.04. The Hall–Kier alpha value is -1.94. The van der Waals surface area contributed by atoms with E-state index in [0.29, 0.717) is 0 Å². The minimum atomic E-state index is 0.725. The molecule has 0 N–H and O–H groups in total. The number of nitrogens with zero attached hydrogens (tertiary/aromatic N) is 3. The first-order valence-electron chi connectivity index (χ1n) is 5.64. The van der Waals surface area contributed by atoms with E-state index in [1.165, 1.54) is 11.8 Å². The van der Waals surface area contributed by atoms with E-state index >= 15 is 0 Å². The summed E-state index contributed by atoms with van der Waals surface area (Å²) in [5.74, 6) is 0. The summed E-state index contributed by atoms with van der Waals surface area (Å²) in [7, 11) is 0. The maximum Gasteiger partial charge on any atom is 0.193 e. The van der Waals surface area contributed by atoms with Crippen molar-refractivity contribution in [2.24, 2.45) is 0 Å². The number of para-hydroxylation sites is 1. The first-order valence-corrected chi connectivity index (χ1v) is 6.46. The molecule has 0 radical (unpaired) electrons. The van der Waals surface area contributed by atoms with Gasteiger partial charge in [-0.3, -0.25) is 0 Å². The van der Waals surface area contributed by atoms with Crippen molar-refractivity contribution in [3.05, 3.63) is 54.4 Å². The van der Waals surface area contributed by atoms with Crippen LogP contribution in [0.1, 0.15) is 5.56 Å². The molecule has 0 spiro atoms. The molecule has 0 bridgehead atoms. The number of pyridine rings is 1. The molecule has 0 unspecified atom stereocenters. The molecule has 3 aromatic rings. The largest absolute Gasteiger partial charge is 0.241 e. The van der Waals surface area contributed by atoms with Gasteiger partial charge in [-0.1, -0.05) is 18.2 Å². The number of hydrogen-bond donors (Lipinski definition) is 0. The molecular weight excluding hydrogens is 242 g/mol. The van der Waals surface area contributed by atoms with Gasteiger partial charge in [0.15, 0.2) is 5.16 Å². The van der Waals surface area contributed by atoms with E-state index in [9.17, 15) is 0 Å². The van der Waals surface area contributed by atoms with Crippen LogP contribution < -0.4 is 0 Å². The van der Waals surface area contributed by atoms with Gasteiger partial charge in [0.05, 0.1) is 5.52 Å². The van der Waals surface area contributed by atoms with Crippen LogP contribution >= 0.6 is 11.8 Å². The smallest absolute Gasteiger partial charge is 0.193 e. The molecule has 4 heteroatoms. The van der Waals surface area contributed by atoms with E-state index in [-0.39, 0.29) is 0 Å². The monoisotopic (exact) mass is 253 g/mol. The zero-order valence-corrected chi connectivity index (χ0v) is 10.7. The van der Waals surface area contributed by atoms with E-state index < -0.39 is 0 Å². The van der Waals surface area contributed by atoms with E-state index in [1.807, 2.05) is 24.3 Å². The van der Waals surface area contributed by atoms with Gasteiger partial charge in [0.25, 0.3) is 0 Å². The van der Waals surface area contributed by atoms with Gasteiger partial charge in [-0.2, -0.15) is 0 Å². The van der Waals surface area contributed by atoms with Crippen molar-refractivity contribution in [1.82, 2.24) is 15.0 Å². The molecule has 0 aliphatic carbocycles. The fourth-order valence-corrected chi connectivity index (χ4v) is 2.50. The number of fused-ring (bicyclic) bond motifs is 1. The first kappa shape index (κ1) is 11.2. The van der Waals surface area contributed by atoms with Crippen molar-refractivity contribution < 1.29 is 0 Å². The lowest BCUT2D eigenvalue weighted by atomic mass is 10.2. The van der Waals surface area contributed by atoms with Crippen LogP contribution in [0.3, 0.4) is 0 Å². The van der Waals surface area contributed by atoms with Crippen molar-refractivity contribution in [2.45, 2.75) is 17.1 Å². The summed E-state index contributed by atoms with van der Waals surface area (Å²) >= 11 is 1.50. The van der Waals surface area contributed by atoms with Gasteiger partial charge < -0.3 is 0 Å². The van der Waals surface area contributed by atoms with Crippen LogP contribution in [-0.2, 0) is 0 Å². The zero-order chi connectivity index (χ0) is 12.4. The van der Waals surface area contributed by atoms with Crippen molar-refractivity contribution in [3.63, 3.8) is 0 Å². The number of aromatic nitrogens is 3. The van der Waals surface area contributed by atoms with E-state index in [2.05, 4.69) is 34.0 Å². The lowest BCUT2D eigenvalue weighted by Crippen LogP contribution is -1.90. The fourth-order valence-electron chi connectivity index (χ4n) is 1.73. The molecule has 18 heavy (non-hydrogen) atoms. The molecule has 1 aromatic carbocycles. The van der Waals surface area contributed by atoms with Crippen molar-refractivity contribution in [3.8, 4) is 0 Å². The first-order chi connectivity index (χ1) is 8.83. The van der Waals surface area contributed by atoms with Crippen LogP contribution in [0.4, 0.5) is 0 Å². The third-order valence-electron chi connectivity index (χ3n) is 2.60. The van der Waals surface area contributed by atoms with Gasteiger partial charge in [-0.15, -0.1) is 0 Å². The molecule has 3 rings (SSSR count). The van der Waals surface area contributed by atoms with Gasteiger partial charge in [-0.05, 0) is 42.4 Å². The standard InChI is InChI=1S/C14H11N3S/c1-10-9-11-5-2-3-6-12(11)17-13(10)18-14-15-7-4-8-16-14/h2-9H,1H3. The van der Waals surface area contributed by atoms with Crippen molar-refractivity contribution in [1.29, 1.82) is 0 Å². The van der Waals surface area contributed by atoms with Crippen molar-refractivity contribution in [2.75, 3.05) is 0 Å². The van der Waals surface area contributed by atoms with Crippen LogP contribution in [0.15, 0.2) is 59.0 Å². The average Bonchev–Trinajstić information content (AvgIpc) is 2.41. The van der Waals surface area contributed by atoms with Gasteiger partial charge in [0, 0.05) is 17.8 Å². The Labute approximate surface area is 109 Å². The van der Waals surface area contributed by atoms with E-state index in [4.69, 9.17) is 0 Å². The third-order valence-corrected chi connectivity index (χ3v) is 3.60. The Morgan fingerprint density at radius 2 is 1.78 bits per heavy atom. The molecule has 0 aliphatic rings. The summed E-state index contributed by atoms with van der Waals surface area (Å²) in [5, 5.41) is 2.84. The van der Waals surface area contributed by atoms with Crippen LogP contribution in [0.25, 0.3) is 10.9 Å². The normalized spacial score (nSPS) is 10.7. The lowest BCUT2D eigenvalue weighted by Gasteiger charge is -2.05. The summed E-state index contributed by atoms with van der Waals surface area (Å²) in [6.07, 6.45) is 3.48. The summed E-state index contributed by atoms with van der Waals surface area (Å²) in [6, 6.07) is 12.1. The van der Waals surface area contributed by atoms with E-state index in [1.54, 1.807) is 12.4 Å². The Bertz CT molecular complexity index is 683. The summed E-state index contributed by atoms with van der Waals surface area (Å²) < 4.78 is 0. The van der Waals surface area contributed by atoms with Gasteiger partial charge in [0.1, 0.15) is 5.03 Å². The molecule has 0 saturated carbocycles. The fraction of sp³-hybridized carbons (Fsp3) is 0.0714. The zero-order valence-electron chi connectivity index (χ0n) is 9.87. The second-order valence-corrected chi connectivity index (χ2v) is 4.89. The van der Waals surface area contributed by atoms with Gasteiger partial charge >= 0.3 is 0 Å². The number of rotatable bonds is 2. The van der Waals surface area contributed by atoms with Crippen molar-refractivity contribution >= 4 is 22.7 Å². The number of hydrogen-bond acceptors (Lipinski definition) is 4. The predicted molar refractivity (Wildman–Crippen MR) is 72.6 cm³/mol. The molecular formula is C14H11N3S. The topological polar surface area (TPSA) is 38.7 Å². The Kier molecular flexibility index (Phi) is 2.94. The molecule has 0 saturated heterocycles. The SMILES string of the molecule is Cc1cc2ccccc2nc1Sc1ncccn1. The lowest BCUT2D eigenvalue weighted by molar-refractivity contribution is 0.959. The highest BCUT2D eigenvalue weighted by Crippen LogP contribution is 2.27. The Morgan fingerprint density at radius 1 is 1.00 bits per heavy atom. The summed E-state index contributed by atoms with van der Waals surface area (Å²) in [5.41, 5.74) is 2.15. The highest BCUT2D eigenvalue weighted by molar-refractivity contribution is 7.99.